The molecule has 0 amide bonds. The minimum atomic E-state index is -0.394. The summed E-state index contributed by atoms with van der Waals surface area (Å²) >= 11 is 0. The van der Waals surface area contributed by atoms with Crippen molar-refractivity contribution in [1.82, 2.24) is 0 Å². The largest absolute Gasteiger partial charge is 0.446 e. The lowest BCUT2D eigenvalue weighted by Gasteiger charge is -2.14. The molecule has 0 saturated carbocycles. The second kappa shape index (κ2) is 2.77. The highest BCUT2D eigenvalue weighted by Crippen LogP contribution is 2.28. The van der Waals surface area contributed by atoms with Crippen molar-refractivity contribution in [2.24, 2.45) is 4.99 Å². The van der Waals surface area contributed by atoms with Crippen molar-refractivity contribution in [3.63, 3.8) is 0 Å². The molecule has 0 radical (unpaired) electrons. The van der Waals surface area contributed by atoms with Gasteiger partial charge in [-0.1, -0.05) is 18.2 Å². The standard InChI is InChI=1S/C9H7NO2/c11-5-8-7-3-1-2-4-9(7)12-6-10-8/h1-6,8H. The normalized spacial score (nSPS) is 19.5. The molecule has 1 aliphatic heterocycles. The number of aliphatic imine (C=N–C) groups is 1. The maximum absolute atomic E-state index is 10.6. The molecule has 0 fully saturated rings. The van der Waals surface area contributed by atoms with Crippen molar-refractivity contribution in [1.29, 1.82) is 0 Å². The van der Waals surface area contributed by atoms with Crippen molar-refractivity contribution in [2.45, 2.75) is 6.04 Å². The molecule has 1 atom stereocenters. The lowest BCUT2D eigenvalue weighted by atomic mass is 10.1. The molecule has 1 aromatic rings. The third-order valence-electron chi connectivity index (χ3n) is 1.77. The van der Waals surface area contributed by atoms with Gasteiger partial charge < -0.3 is 9.53 Å². The summed E-state index contributed by atoms with van der Waals surface area (Å²) in [5, 5.41) is 0. The molecule has 0 bridgehead atoms. The highest BCUT2D eigenvalue weighted by Gasteiger charge is 2.16. The first-order chi connectivity index (χ1) is 5.92. The molecule has 1 heterocycles. The zero-order valence-electron chi connectivity index (χ0n) is 6.31. The van der Waals surface area contributed by atoms with E-state index in [9.17, 15) is 4.79 Å². The number of ether oxygens (including phenoxy) is 1. The van der Waals surface area contributed by atoms with Crippen LogP contribution in [0.2, 0.25) is 0 Å². The van der Waals surface area contributed by atoms with Gasteiger partial charge in [-0.05, 0) is 6.07 Å². The summed E-state index contributed by atoms with van der Waals surface area (Å²) in [7, 11) is 0. The summed E-state index contributed by atoms with van der Waals surface area (Å²) < 4.78 is 5.10. The third-order valence-corrected chi connectivity index (χ3v) is 1.77. The molecular formula is C9H7NO2. The summed E-state index contributed by atoms with van der Waals surface area (Å²) in [5.41, 5.74) is 0.829. The summed E-state index contributed by atoms with van der Waals surface area (Å²) in [5.74, 6) is 0.713. The van der Waals surface area contributed by atoms with Gasteiger partial charge in [0.05, 0.1) is 0 Å². The van der Waals surface area contributed by atoms with Gasteiger partial charge in [-0.3, -0.25) is 0 Å². The molecule has 1 unspecified atom stereocenters. The second-order valence-corrected chi connectivity index (χ2v) is 2.49. The number of nitrogens with zero attached hydrogens (tertiary/aromatic N) is 1. The quantitative estimate of drug-likeness (QED) is 0.583. The van der Waals surface area contributed by atoms with Gasteiger partial charge in [0.25, 0.3) is 0 Å². The molecule has 0 N–H and O–H groups in total. The number of carbonyl (C=O) groups is 1. The average Bonchev–Trinajstić information content (AvgIpc) is 2.17. The topological polar surface area (TPSA) is 38.7 Å². The fourth-order valence-corrected chi connectivity index (χ4v) is 1.17. The molecule has 60 valence electrons. The van der Waals surface area contributed by atoms with Crippen LogP contribution in [0.25, 0.3) is 0 Å². The summed E-state index contributed by atoms with van der Waals surface area (Å²) in [6.45, 7) is 0. The smallest absolute Gasteiger partial charge is 0.177 e. The Morgan fingerprint density at radius 3 is 3.08 bits per heavy atom. The van der Waals surface area contributed by atoms with Gasteiger partial charge in [0.1, 0.15) is 18.1 Å². The van der Waals surface area contributed by atoms with Gasteiger partial charge in [0.15, 0.2) is 6.40 Å². The number of carbonyl (C=O) groups excluding carboxylic acids is 1. The Hall–Kier alpha value is -1.64. The number of hydrogen-bond acceptors (Lipinski definition) is 3. The number of hydrogen-bond donors (Lipinski definition) is 0. The van der Waals surface area contributed by atoms with Crippen LogP contribution in [0.4, 0.5) is 0 Å². The van der Waals surface area contributed by atoms with Crippen LogP contribution in [0, 0.1) is 0 Å². The van der Waals surface area contributed by atoms with Gasteiger partial charge in [0.2, 0.25) is 0 Å². The van der Waals surface area contributed by atoms with E-state index in [4.69, 9.17) is 4.74 Å². The van der Waals surface area contributed by atoms with Gasteiger partial charge in [-0.15, -0.1) is 0 Å². The van der Waals surface area contributed by atoms with E-state index in [0.717, 1.165) is 11.8 Å². The van der Waals surface area contributed by atoms with E-state index in [1.807, 2.05) is 24.3 Å². The van der Waals surface area contributed by atoms with Gasteiger partial charge in [0, 0.05) is 5.56 Å². The van der Waals surface area contributed by atoms with E-state index >= 15 is 0 Å². The first-order valence-electron chi connectivity index (χ1n) is 3.64. The molecule has 2 rings (SSSR count). The number of fused-ring (bicyclic) bond motifs is 1. The molecule has 12 heavy (non-hydrogen) atoms. The zero-order chi connectivity index (χ0) is 8.39. The fourth-order valence-electron chi connectivity index (χ4n) is 1.17. The average molecular weight is 161 g/mol. The first kappa shape index (κ1) is 7.03. The van der Waals surface area contributed by atoms with Crippen molar-refractivity contribution in [2.75, 3.05) is 0 Å². The van der Waals surface area contributed by atoms with E-state index < -0.39 is 6.04 Å². The van der Waals surface area contributed by atoms with Crippen LogP contribution in [0.3, 0.4) is 0 Å². The Morgan fingerprint density at radius 2 is 2.25 bits per heavy atom. The minimum absolute atomic E-state index is 0.394. The number of para-hydroxylation sites is 1. The molecule has 0 aliphatic carbocycles. The van der Waals surface area contributed by atoms with Crippen molar-refractivity contribution in [3.8, 4) is 5.75 Å². The predicted octanol–water partition coefficient (Wildman–Crippen LogP) is 1.35. The van der Waals surface area contributed by atoms with E-state index in [0.29, 0.717) is 5.75 Å². The predicted molar refractivity (Wildman–Crippen MR) is 44.4 cm³/mol. The van der Waals surface area contributed by atoms with Crippen LogP contribution >= 0.6 is 0 Å². The van der Waals surface area contributed by atoms with Crippen LogP contribution in [-0.2, 0) is 4.79 Å². The lowest BCUT2D eigenvalue weighted by Crippen LogP contribution is -2.07. The van der Waals surface area contributed by atoms with Crippen LogP contribution in [0.5, 0.6) is 5.75 Å². The number of rotatable bonds is 1. The van der Waals surface area contributed by atoms with Crippen LogP contribution in [-0.4, -0.2) is 12.7 Å². The fraction of sp³-hybridized carbons (Fsp3) is 0.111. The Morgan fingerprint density at radius 1 is 1.42 bits per heavy atom. The first-order valence-corrected chi connectivity index (χ1v) is 3.64. The van der Waals surface area contributed by atoms with Crippen LogP contribution < -0.4 is 4.74 Å². The summed E-state index contributed by atoms with van der Waals surface area (Å²) in [6.07, 6.45) is 2.11. The highest BCUT2D eigenvalue weighted by molar-refractivity contribution is 5.70. The molecule has 3 nitrogen and oxygen atoms in total. The Bertz CT molecular complexity index is 333. The number of aldehydes is 1. The molecule has 1 aromatic carbocycles. The minimum Gasteiger partial charge on any atom is -0.446 e. The van der Waals surface area contributed by atoms with Gasteiger partial charge in [-0.2, -0.15) is 0 Å². The lowest BCUT2D eigenvalue weighted by molar-refractivity contribution is -0.109. The Labute approximate surface area is 69.7 Å². The molecular weight excluding hydrogens is 154 g/mol. The SMILES string of the molecule is O=CC1N=COc2ccccc21. The van der Waals surface area contributed by atoms with E-state index in [2.05, 4.69) is 4.99 Å². The molecule has 3 heteroatoms. The summed E-state index contributed by atoms with van der Waals surface area (Å²) in [6, 6.07) is 6.98. The van der Waals surface area contributed by atoms with Crippen molar-refractivity contribution in [3.05, 3.63) is 29.8 Å². The molecule has 0 aromatic heterocycles. The Balaban J connectivity index is 2.49. The van der Waals surface area contributed by atoms with E-state index in [1.165, 1.54) is 6.40 Å². The Kier molecular flexibility index (Phi) is 1.63. The third kappa shape index (κ3) is 0.993. The van der Waals surface area contributed by atoms with Crippen LogP contribution in [0.1, 0.15) is 11.6 Å². The maximum atomic E-state index is 10.6. The molecule has 1 aliphatic rings. The zero-order valence-corrected chi connectivity index (χ0v) is 6.31. The molecule has 0 spiro atoms. The van der Waals surface area contributed by atoms with Gasteiger partial charge >= 0.3 is 0 Å². The van der Waals surface area contributed by atoms with E-state index in [-0.39, 0.29) is 0 Å². The van der Waals surface area contributed by atoms with Crippen molar-refractivity contribution >= 4 is 12.7 Å². The second-order valence-electron chi connectivity index (χ2n) is 2.49. The maximum Gasteiger partial charge on any atom is 0.177 e. The van der Waals surface area contributed by atoms with Gasteiger partial charge in [-0.25, -0.2) is 4.99 Å². The van der Waals surface area contributed by atoms with E-state index in [1.54, 1.807) is 0 Å². The molecule has 0 saturated heterocycles. The monoisotopic (exact) mass is 161 g/mol. The summed E-state index contributed by atoms with van der Waals surface area (Å²) in [4.78, 5) is 14.4. The highest BCUT2D eigenvalue weighted by atomic mass is 16.5. The number of benzene rings is 1. The van der Waals surface area contributed by atoms with Crippen LogP contribution in [0.15, 0.2) is 29.3 Å². The van der Waals surface area contributed by atoms with Crippen molar-refractivity contribution < 1.29 is 9.53 Å².